The van der Waals surface area contributed by atoms with Crippen molar-refractivity contribution >= 4 is 51.4 Å². The van der Waals surface area contributed by atoms with Crippen molar-refractivity contribution in [3.63, 3.8) is 0 Å². The fourth-order valence-electron chi connectivity index (χ4n) is 2.60. The molecule has 2 aromatic carbocycles. The third-order valence-electron chi connectivity index (χ3n) is 3.98. The topological polar surface area (TPSA) is 96.0 Å². The van der Waals surface area contributed by atoms with Crippen LogP contribution in [0, 0.1) is 6.92 Å². The highest BCUT2D eigenvalue weighted by molar-refractivity contribution is 8.01. The Hall–Kier alpha value is -2.91. The van der Waals surface area contributed by atoms with Crippen LogP contribution in [0.4, 0.5) is 16.5 Å². The van der Waals surface area contributed by atoms with E-state index in [-0.39, 0.29) is 17.6 Å². The maximum absolute atomic E-state index is 12.7. The number of aromatic nitrogens is 2. The maximum Gasteiger partial charge on any atom is 0.257 e. The second-order valence-corrected chi connectivity index (χ2v) is 8.71. The van der Waals surface area contributed by atoms with E-state index in [2.05, 4.69) is 33.1 Å². The van der Waals surface area contributed by atoms with Crippen LogP contribution in [-0.2, 0) is 4.79 Å². The first-order valence-electron chi connectivity index (χ1n) is 9.52. The van der Waals surface area contributed by atoms with Gasteiger partial charge in [-0.2, -0.15) is 0 Å². The molecule has 3 N–H and O–H groups in total. The molecule has 0 aliphatic carbocycles. The normalized spacial score (nSPS) is 10.5. The first-order valence-corrected chi connectivity index (χ1v) is 11.3. The number of anilines is 3. The van der Waals surface area contributed by atoms with Gasteiger partial charge in [0, 0.05) is 12.2 Å². The zero-order chi connectivity index (χ0) is 21.3. The molecule has 2 amide bonds. The van der Waals surface area contributed by atoms with Gasteiger partial charge in [0.1, 0.15) is 0 Å². The van der Waals surface area contributed by atoms with Gasteiger partial charge in [0.05, 0.1) is 17.0 Å². The van der Waals surface area contributed by atoms with Gasteiger partial charge in [-0.15, -0.1) is 10.2 Å². The number of carbonyl (C=O) groups excluding carboxylic acids is 2. The Balaban J connectivity index is 1.59. The predicted octanol–water partition coefficient (Wildman–Crippen LogP) is 4.65. The van der Waals surface area contributed by atoms with E-state index in [0.717, 1.165) is 23.7 Å². The SMILES string of the molecule is CCCNc1nnc(SCC(=O)Nc2ccccc2C(=O)Nc2cccc(C)c2)s1. The van der Waals surface area contributed by atoms with Crippen molar-refractivity contribution in [2.45, 2.75) is 24.6 Å². The number of benzene rings is 2. The zero-order valence-electron chi connectivity index (χ0n) is 16.8. The van der Waals surface area contributed by atoms with Gasteiger partial charge in [-0.3, -0.25) is 9.59 Å². The molecule has 9 heteroatoms. The van der Waals surface area contributed by atoms with E-state index in [1.165, 1.54) is 23.1 Å². The average Bonchev–Trinajstić information content (AvgIpc) is 3.19. The molecule has 0 aliphatic rings. The monoisotopic (exact) mass is 441 g/mol. The van der Waals surface area contributed by atoms with E-state index in [9.17, 15) is 9.59 Å². The van der Waals surface area contributed by atoms with E-state index in [4.69, 9.17) is 0 Å². The van der Waals surface area contributed by atoms with Gasteiger partial charge in [0.15, 0.2) is 4.34 Å². The first-order chi connectivity index (χ1) is 14.5. The number of hydrogen-bond donors (Lipinski definition) is 3. The number of para-hydroxylation sites is 1. The summed E-state index contributed by atoms with van der Waals surface area (Å²) in [6.07, 6.45) is 1.00. The molecule has 7 nitrogen and oxygen atoms in total. The molecule has 3 rings (SSSR count). The van der Waals surface area contributed by atoms with Crippen LogP contribution in [0.1, 0.15) is 29.3 Å². The summed E-state index contributed by atoms with van der Waals surface area (Å²) in [5.41, 5.74) is 2.63. The lowest BCUT2D eigenvalue weighted by Gasteiger charge is -2.11. The van der Waals surface area contributed by atoms with Gasteiger partial charge in [-0.05, 0) is 43.2 Å². The molecule has 0 unspecified atom stereocenters. The highest BCUT2D eigenvalue weighted by Crippen LogP contribution is 2.26. The summed E-state index contributed by atoms with van der Waals surface area (Å²) in [4.78, 5) is 25.1. The predicted molar refractivity (Wildman–Crippen MR) is 124 cm³/mol. The Morgan fingerprint density at radius 2 is 1.90 bits per heavy atom. The summed E-state index contributed by atoms with van der Waals surface area (Å²) >= 11 is 2.73. The van der Waals surface area contributed by atoms with Crippen LogP contribution >= 0.6 is 23.1 Å². The molecule has 0 fully saturated rings. The molecule has 0 bridgehead atoms. The third kappa shape index (κ3) is 6.30. The fraction of sp³-hybridized carbons (Fsp3) is 0.238. The van der Waals surface area contributed by atoms with Gasteiger partial charge in [0.25, 0.3) is 5.91 Å². The zero-order valence-corrected chi connectivity index (χ0v) is 18.4. The molecule has 30 heavy (non-hydrogen) atoms. The number of hydrogen-bond acceptors (Lipinski definition) is 7. The average molecular weight is 442 g/mol. The standard InChI is InChI=1S/C21H23N5O2S2/c1-3-11-22-20-25-26-21(30-20)29-13-18(27)24-17-10-5-4-9-16(17)19(28)23-15-8-6-7-14(2)12-15/h4-10,12H,3,11,13H2,1-2H3,(H,22,25)(H,23,28)(H,24,27). The van der Waals surface area contributed by atoms with Gasteiger partial charge in [-0.1, -0.05) is 54.3 Å². The minimum absolute atomic E-state index is 0.177. The largest absolute Gasteiger partial charge is 0.360 e. The van der Waals surface area contributed by atoms with Crippen molar-refractivity contribution in [2.75, 3.05) is 28.2 Å². The van der Waals surface area contributed by atoms with Crippen LogP contribution in [0.3, 0.4) is 0 Å². The third-order valence-corrected chi connectivity index (χ3v) is 6.00. The molecule has 1 aromatic heterocycles. The van der Waals surface area contributed by atoms with E-state index in [0.29, 0.717) is 21.3 Å². The highest BCUT2D eigenvalue weighted by atomic mass is 32.2. The number of nitrogens with zero attached hydrogens (tertiary/aromatic N) is 2. The van der Waals surface area contributed by atoms with E-state index in [1.807, 2.05) is 31.2 Å². The number of nitrogens with one attached hydrogen (secondary N) is 3. The lowest BCUT2D eigenvalue weighted by molar-refractivity contribution is -0.113. The van der Waals surface area contributed by atoms with E-state index < -0.39 is 0 Å². The van der Waals surface area contributed by atoms with Crippen LogP contribution in [0.2, 0.25) is 0 Å². The number of thioether (sulfide) groups is 1. The van der Waals surface area contributed by atoms with Crippen LogP contribution in [0.5, 0.6) is 0 Å². The molecule has 156 valence electrons. The minimum atomic E-state index is -0.278. The highest BCUT2D eigenvalue weighted by Gasteiger charge is 2.14. The van der Waals surface area contributed by atoms with Gasteiger partial charge in [0.2, 0.25) is 11.0 Å². The van der Waals surface area contributed by atoms with Crippen molar-refractivity contribution in [3.8, 4) is 0 Å². The molecule has 0 saturated heterocycles. The van der Waals surface area contributed by atoms with Crippen LogP contribution in [0.15, 0.2) is 52.9 Å². The van der Waals surface area contributed by atoms with Crippen molar-refractivity contribution in [1.82, 2.24) is 10.2 Å². The fourth-order valence-corrected chi connectivity index (χ4v) is 4.17. The van der Waals surface area contributed by atoms with E-state index in [1.54, 1.807) is 24.3 Å². The second-order valence-electron chi connectivity index (χ2n) is 6.51. The number of rotatable bonds is 9. The molecule has 0 radical (unpaired) electrons. The van der Waals surface area contributed by atoms with Crippen molar-refractivity contribution < 1.29 is 9.59 Å². The summed E-state index contributed by atoms with van der Waals surface area (Å²) in [5.74, 6) is -0.315. The smallest absolute Gasteiger partial charge is 0.257 e. The number of amides is 2. The number of aryl methyl sites for hydroxylation is 1. The van der Waals surface area contributed by atoms with Gasteiger partial charge in [-0.25, -0.2) is 0 Å². The van der Waals surface area contributed by atoms with E-state index >= 15 is 0 Å². The lowest BCUT2D eigenvalue weighted by Crippen LogP contribution is -2.19. The molecule has 0 aliphatic heterocycles. The first kappa shape index (κ1) is 21.8. The van der Waals surface area contributed by atoms with Crippen LogP contribution in [-0.4, -0.2) is 34.3 Å². The van der Waals surface area contributed by atoms with Crippen molar-refractivity contribution in [3.05, 3.63) is 59.7 Å². The summed E-state index contributed by atoms with van der Waals surface area (Å²) in [7, 11) is 0. The van der Waals surface area contributed by atoms with Crippen molar-refractivity contribution in [1.29, 1.82) is 0 Å². The molecule has 0 atom stereocenters. The Labute approximate surface area is 183 Å². The summed E-state index contributed by atoms with van der Waals surface area (Å²) in [6, 6.07) is 14.5. The van der Waals surface area contributed by atoms with Crippen LogP contribution < -0.4 is 16.0 Å². The Morgan fingerprint density at radius 3 is 2.70 bits per heavy atom. The summed E-state index contributed by atoms with van der Waals surface area (Å²) in [6.45, 7) is 4.87. The Bertz CT molecular complexity index is 1020. The summed E-state index contributed by atoms with van der Waals surface area (Å²) < 4.78 is 0.717. The molecule has 0 spiro atoms. The Morgan fingerprint density at radius 1 is 1.07 bits per heavy atom. The minimum Gasteiger partial charge on any atom is -0.360 e. The molecule has 0 saturated carbocycles. The lowest BCUT2D eigenvalue weighted by atomic mass is 10.1. The molecule has 3 aromatic rings. The summed E-state index contributed by atoms with van der Waals surface area (Å²) in [5, 5.41) is 17.7. The van der Waals surface area contributed by atoms with Gasteiger partial charge >= 0.3 is 0 Å². The second kappa shape index (κ2) is 10.7. The molecular formula is C21H23N5O2S2. The number of carbonyl (C=O) groups is 2. The van der Waals surface area contributed by atoms with Crippen LogP contribution in [0.25, 0.3) is 0 Å². The Kier molecular flexibility index (Phi) is 7.81. The maximum atomic E-state index is 12.7. The van der Waals surface area contributed by atoms with Gasteiger partial charge < -0.3 is 16.0 Å². The quantitative estimate of drug-likeness (QED) is 0.418. The molecule has 1 heterocycles. The van der Waals surface area contributed by atoms with Crippen molar-refractivity contribution in [2.24, 2.45) is 0 Å². The molecular weight excluding hydrogens is 418 g/mol.